The van der Waals surface area contributed by atoms with Crippen molar-refractivity contribution in [1.29, 1.82) is 0 Å². The summed E-state index contributed by atoms with van der Waals surface area (Å²) in [6, 6.07) is 1.96. The molecule has 0 saturated carbocycles. The van der Waals surface area contributed by atoms with Gasteiger partial charge in [-0.05, 0) is 12.5 Å². The predicted octanol–water partition coefficient (Wildman–Crippen LogP) is 1.50. The summed E-state index contributed by atoms with van der Waals surface area (Å²) in [6.07, 6.45) is 1.49. The highest BCUT2D eigenvalue weighted by atomic mass is 16.3. The highest BCUT2D eigenvalue weighted by molar-refractivity contribution is 5.34. The maximum Gasteiger partial charge on any atom is 0.110 e. The Morgan fingerprint density at radius 2 is 2.36 bits per heavy atom. The molecule has 0 spiro atoms. The second kappa shape index (κ2) is 3.11. The topological polar surface area (TPSA) is 59.4 Å². The lowest BCUT2D eigenvalue weighted by molar-refractivity contribution is 0.0481. The van der Waals surface area contributed by atoms with Gasteiger partial charge in [-0.15, -0.1) is 0 Å². The summed E-state index contributed by atoms with van der Waals surface area (Å²) in [7, 11) is 0. The molecule has 3 nitrogen and oxygen atoms in total. The molecule has 0 fully saturated rings. The van der Waals surface area contributed by atoms with E-state index >= 15 is 0 Å². The van der Waals surface area contributed by atoms with Gasteiger partial charge in [0.2, 0.25) is 0 Å². The van der Waals surface area contributed by atoms with Crippen molar-refractivity contribution in [3.63, 3.8) is 0 Å². The minimum absolute atomic E-state index is 0.275. The maximum atomic E-state index is 10.2. The summed E-state index contributed by atoms with van der Waals surface area (Å²) in [5.41, 5.74) is 5.64. The average molecular weight is 195 g/mol. The van der Waals surface area contributed by atoms with Gasteiger partial charge in [0, 0.05) is 24.4 Å². The van der Waals surface area contributed by atoms with Crippen molar-refractivity contribution in [3.8, 4) is 0 Å². The number of aryl methyl sites for hydroxylation is 1. The number of aliphatic hydroxyl groups is 1. The quantitative estimate of drug-likeness (QED) is 0.751. The number of nitrogens with two attached hydrogens (primary N) is 1. The molecule has 1 heterocycles. The van der Waals surface area contributed by atoms with E-state index in [1.165, 1.54) is 0 Å². The average Bonchev–Trinajstić information content (AvgIpc) is 2.68. The third-order valence-electron chi connectivity index (χ3n) is 3.00. The maximum absolute atomic E-state index is 10.2. The van der Waals surface area contributed by atoms with Crippen LogP contribution < -0.4 is 5.73 Å². The van der Waals surface area contributed by atoms with Crippen molar-refractivity contribution >= 4 is 0 Å². The molecule has 1 aliphatic carbocycles. The van der Waals surface area contributed by atoms with Crippen LogP contribution in [0, 0.1) is 0 Å². The van der Waals surface area contributed by atoms with Crippen molar-refractivity contribution < 1.29 is 9.52 Å². The molecule has 78 valence electrons. The molecule has 1 atom stereocenters. The van der Waals surface area contributed by atoms with E-state index in [-0.39, 0.29) is 6.54 Å². The molecule has 0 radical (unpaired) electrons. The molecular formula is C11H17NO2. The Morgan fingerprint density at radius 3 is 2.93 bits per heavy atom. The summed E-state index contributed by atoms with van der Waals surface area (Å²) in [5, 5.41) is 10.2. The van der Waals surface area contributed by atoms with E-state index in [4.69, 9.17) is 10.2 Å². The fraction of sp³-hybridized carbons (Fsp3) is 0.636. The number of furan rings is 1. The molecule has 0 aromatic carbocycles. The lowest BCUT2D eigenvalue weighted by Crippen LogP contribution is -2.31. The first-order valence-electron chi connectivity index (χ1n) is 5.12. The Labute approximate surface area is 83.9 Å². The van der Waals surface area contributed by atoms with Gasteiger partial charge in [-0.25, -0.2) is 0 Å². The summed E-state index contributed by atoms with van der Waals surface area (Å²) < 4.78 is 5.67. The van der Waals surface area contributed by atoms with Crippen LogP contribution >= 0.6 is 0 Å². The van der Waals surface area contributed by atoms with Gasteiger partial charge in [-0.1, -0.05) is 13.8 Å². The molecule has 0 amide bonds. The molecule has 1 aromatic rings. The lowest BCUT2D eigenvalue weighted by atomic mass is 9.97. The lowest BCUT2D eigenvalue weighted by Gasteiger charge is -2.19. The van der Waals surface area contributed by atoms with Crippen molar-refractivity contribution in [2.45, 2.75) is 38.2 Å². The third-order valence-corrected chi connectivity index (χ3v) is 3.00. The highest BCUT2D eigenvalue weighted by Crippen LogP contribution is 2.39. The molecular weight excluding hydrogens is 178 g/mol. The minimum atomic E-state index is -0.841. The molecule has 1 aromatic heterocycles. The van der Waals surface area contributed by atoms with E-state index in [1.54, 1.807) is 0 Å². The van der Waals surface area contributed by atoms with Crippen LogP contribution in [0.15, 0.2) is 10.5 Å². The first-order valence-corrected chi connectivity index (χ1v) is 5.12. The Kier molecular flexibility index (Phi) is 2.16. The van der Waals surface area contributed by atoms with Gasteiger partial charge in [0.15, 0.2) is 0 Å². The highest BCUT2D eigenvalue weighted by Gasteiger charge is 2.38. The van der Waals surface area contributed by atoms with Crippen molar-refractivity contribution in [1.82, 2.24) is 0 Å². The van der Waals surface area contributed by atoms with E-state index in [2.05, 4.69) is 13.8 Å². The van der Waals surface area contributed by atoms with Crippen LogP contribution in [0.3, 0.4) is 0 Å². The SMILES string of the molecule is CC(C)c1cc2c(o1)CCC2(O)CN. The normalized spacial score (nSPS) is 25.8. The van der Waals surface area contributed by atoms with Crippen LogP contribution in [-0.4, -0.2) is 11.7 Å². The summed E-state index contributed by atoms with van der Waals surface area (Å²) in [5.74, 6) is 2.23. The Hall–Kier alpha value is -0.800. The van der Waals surface area contributed by atoms with E-state index in [0.29, 0.717) is 12.3 Å². The molecule has 0 bridgehead atoms. The van der Waals surface area contributed by atoms with Gasteiger partial charge in [0.05, 0.1) is 0 Å². The fourth-order valence-corrected chi connectivity index (χ4v) is 1.98. The molecule has 3 N–H and O–H groups in total. The van der Waals surface area contributed by atoms with Crippen molar-refractivity contribution in [2.75, 3.05) is 6.54 Å². The smallest absolute Gasteiger partial charge is 0.110 e. The van der Waals surface area contributed by atoms with Crippen LogP contribution in [0.1, 0.15) is 43.3 Å². The largest absolute Gasteiger partial charge is 0.465 e. The monoisotopic (exact) mass is 195 g/mol. The number of hydrogen-bond acceptors (Lipinski definition) is 3. The van der Waals surface area contributed by atoms with E-state index < -0.39 is 5.60 Å². The molecule has 14 heavy (non-hydrogen) atoms. The van der Waals surface area contributed by atoms with Gasteiger partial charge >= 0.3 is 0 Å². The number of fused-ring (bicyclic) bond motifs is 1. The first-order chi connectivity index (χ1) is 6.57. The zero-order valence-electron chi connectivity index (χ0n) is 8.71. The standard InChI is InChI=1S/C11H17NO2/c1-7(2)10-5-8-9(14-10)3-4-11(8,13)6-12/h5,7,13H,3-4,6,12H2,1-2H3. The molecule has 2 rings (SSSR count). The van der Waals surface area contributed by atoms with Gasteiger partial charge in [0.25, 0.3) is 0 Å². The van der Waals surface area contributed by atoms with E-state index in [9.17, 15) is 5.11 Å². The number of hydrogen-bond donors (Lipinski definition) is 2. The first kappa shape index (κ1) is 9.74. The van der Waals surface area contributed by atoms with Gasteiger partial charge in [-0.3, -0.25) is 0 Å². The van der Waals surface area contributed by atoms with Crippen molar-refractivity contribution in [3.05, 3.63) is 23.2 Å². The van der Waals surface area contributed by atoms with Crippen molar-refractivity contribution in [2.24, 2.45) is 5.73 Å². The zero-order chi connectivity index (χ0) is 10.3. The molecule has 1 unspecified atom stereocenters. The second-order valence-electron chi connectivity index (χ2n) is 4.38. The van der Waals surface area contributed by atoms with Crippen LogP contribution in [0.25, 0.3) is 0 Å². The molecule has 1 aliphatic rings. The summed E-state index contributed by atoms with van der Waals surface area (Å²) in [4.78, 5) is 0. The van der Waals surface area contributed by atoms with Crippen LogP contribution in [0.5, 0.6) is 0 Å². The van der Waals surface area contributed by atoms with E-state index in [0.717, 1.165) is 23.5 Å². The summed E-state index contributed by atoms with van der Waals surface area (Å²) in [6.45, 7) is 4.43. The van der Waals surface area contributed by atoms with Crippen LogP contribution in [0.4, 0.5) is 0 Å². The molecule has 0 aliphatic heterocycles. The minimum Gasteiger partial charge on any atom is -0.465 e. The van der Waals surface area contributed by atoms with Gasteiger partial charge in [0.1, 0.15) is 17.1 Å². The second-order valence-corrected chi connectivity index (χ2v) is 4.38. The zero-order valence-corrected chi connectivity index (χ0v) is 8.71. The molecule has 0 saturated heterocycles. The third kappa shape index (κ3) is 1.28. The Balaban J connectivity index is 2.40. The number of rotatable bonds is 2. The van der Waals surface area contributed by atoms with E-state index in [1.807, 2.05) is 6.07 Å². The van der Waals surface area contributed by atoms with Crippen LogP contribution in [-0.2, 0) is 12.0 Å². The summed E-state index contributed by atoms with van der Waals surface area (Å²) >= 11 is 0. The fourth-order valence-electron chi connectivity index (χ4n) is 1.98. The Bertz CT molecular complexity index is 343. The Morgan fingerprint density at radius 1 is 1.64 bits per heavy atom. The van der Waals surface area contributed by atoms with Crippen LogP contribution in [0.2, 0.25) is 0 Å². The molecule has 3 heteroatoms. The van der Waals surface area contributed by atoms with Gasteiger partial charge in [-0.2, -0.15) is 0 Å². The van der Waals surface area contributed by atoms with Gasteiger partial charge < -0.3 is 15.3 Å². The predicted molar refractivity (Wildman–Crippen MR) is 54.1 cm³/mol.